The van der Waals surface area contributed by atoms with Crippen LogP contribution < -0.4 is 16.2 Å². The predicted molar refractivity (Wildman–Crippen MR) is 93.5 cm³/mol. The predicted octanol–water partition coefficient (Wildman–Crippen LogP) is 1.03. The van der Waals surface area contributed by atoms with Crippen LogP contribution in [0.25, 0.3) is 10.9 Å². The summed E-state index contributed by atoms with van der Waals surface area (Å²) in [6.07, 6.45) is 2.12. The first-order valence-electron chi connectivity index (χ1n) is 8.62. The molecule has 0 radical (unpaired) electrons. The van der Waals surface area contributed by atoms with Gasteiger partial charge in [0.05, 0.1) is 16.6 Å². The van der Waals surface area contributed by atoms with Gasteiger partial charge in [-0.3, -0.25) is 29.1 Å². The van der Waals surface area contributed by atoms with Gasteiger partial charge in [-0.1, -0.05) is 6.07 Å². The maximum absolute atomic E-state index is 13.2. The Hall–Kier alpha value is -3.03. The van der Waals surface area contributed by atoms with Crippen LogP contribution in [0.5, 0.6) is 0 Å². The van der Waals surface area contributed by atoms with Crippen LogP contribution in [0.1, 0.15) is 37.5 Å². The van der Waals surface area contributed by atoms with Gasteiger partial charge in [0.2, 0.25) is 17.7 Å². The minimum absolute atomic E-state index is 0.000948. The molecule has 3 amide bonds. The number of fused-ring (bicyclic) bond motifs is 1. The standard InChI is InChI=1S/C18H18N4O4/c1-9-19-11-3-2-4-12(20-16(24)10-5-6-10)15(11)18(26)22(9)13-7-8-14(23)21-17(13)25/h2-4,10,13H,5-8H2,1H3,(H,20,24)(H,21,23,25)/t13-/m1/s1. The number of rotatable bonds is 3. The molecule has 2 heterocycles. The van der Waals surface area contributed by atoms with E-state index in [4.69, 9.17) is 0 Å². The van der Waals surface area contributed by atoms with Crippen LogP contribution >= 0.6 is 0 Å². The topological polar surface area (TPSA) is 110 Å². The molecule has 1 aromatic heterocycles. The second kappa shape index (κ2) is 6.05. The maximum atomic E-state index is 13.2. The molecule has 2 fully saturated rings. The molecular formula is C18H18N4O4. The third-order valence-electron chi connectivity index (χ3n) is 4.83. The van der Waals surface area contributed by atoms with Gasteiger partial charge in [-0.25, -0.2) is 4.98 Å². The summed E-state index contributed by atoms with van der Waals surface area (Å²) >= 11 is 0. The van der Waals surface area contributed by atoms with Gasteiger partial charge in [0.15, 0.2) is 0 Å². The Balaban J connectivity index is 1.84. The molecule has 134 valence electrons. The van der Waals surface area contributed by atoms with E-state index in [1.807, 2.05) is 0 Å². The number of imide groups is 1. The summed E-state index contributed by atoms with van der Waals surface area (Å²) in [5.41, 5.74) is 0.469. The van der Waals surface area contributed by atoms with Crippen molar-refractivity contribution in [2.24, 2.45) is 5.92 Å². The lowest BCUT2D eigenvalue weighted by Gasteiger charge is -2.24. The molecule has 8 nitrogen and oxygen atoms in total. The number of hydrogen-bond donors (Lipinski definition) is 2. The number of carbonyl (C=O) groups is 3. The minimum atomic E-state index is -0.788. The number of hydrogen-bond acceptors (Lipinski definition) is 5. The van der Waals surface area contributed by atoms with E-state index in [1.54, 1.807) is 25.1 Å². The quantitative estimate of drug-likeness (QED) is 0.800. The van der Waals surface area contributed by atoms with Crippen molar-refractivity contribution < 1.29 is 14.4 Å². The minimum Gasteiger partial charge on any atom is -0.325 e. The van der Waals surface area contributed by atoms with E-state index in [0.29, 0.717) is 17.0 Å². The molecule has 1 atom stereocenters. The van der Waals surface area contributed by atoms with Crippen molar-refractivity contribution in [3.05, 3.63) is 34.4 Å². The fraction of sp³-hybridized carbons (Fsp3) is 0.389. The largest absolute Gasteiger partial charge is 0.325 e. The highest BCUT2D eigenvalue weighted by Crippen LogP contribution is 2.31. The van der Waals surface area contributed by atoms with Gasteiger partial charge in [-0.05, 0) is 38.3 Å². The third-order valence-corrected chi connectivity index (χ3v) is 4.83. The Morgan fingerprint density at radius 2 is 2.00 bits per heavy atom. The van der Waals surface area contributed by atoms with Gasteiger partial charge in [-0.2, -0.15) is 0 Å². The zero-order valence-electron chi connectivity index (χ0n) is 14.2. The number of benzene rings is 1. The van der Waals surface area contributed by atoms with E-state index in [9.17, 15) is 19.2 Å². The summed E-state index contributed by atoms with van der Waals surface area (Å²) in [7, 11) is 0. The van der Waals surface area contributed by atoms with E-state index >= 15 is 0 Å². The molecular weight excluding hydrogens is 336 g/mol. The third kappa shape index (κ3) is 2.77. The van der Waals surface area contributed by atoms with Crippen molar-refractivity contribution >= 4 is 34.3 Å². The summed E-state index contributed by atoms with van der Waals surface area (Å²) in [6, 6.07) is 4.30. The molecule has 8 heteroatoms. The Labute approximate surface area is 148 Å². The summed E-state index contributed by atoms with van der Waals surface area (Å²) in [5.74, 6) is -0.566. The molecule has 1 aliphatic carbocycles. The average Bonchev–Trinajstić information content (AvgIpc) is 3.41. The monoisotopic (exact) mass is 354 g/mol. The van der Waals surface area contributed by atoms with Gasteiger partial charge in [0.1, 0.15) is 11.9 Å². The summed E-state index contributed by atoms with van der Waals surface area (Å²) in [6.45, 7) is 1.65. The lowest BCUT2D eigenvalue weighted by atomic mass is 10.1. The molecule has 1 saturated carbocycles. The Morgan fingerprint density at radius 1 is 1.23 bits per heavy atom. The highest BCUT2D eigenvalue weighted by molar-refractivity contribution is 6.02. The number of aryl methyl sites for hydroxylation is 1. The van der Waals surface area contributed by atoms with E-state index in [1.165, 1.54) is 4.57 Å². The Morgan fingerprint density at radius 3 is 2.69 bits per heavy atom. The Bertz CT molecular complexity index is 1010. The lowest BCUT2D eigenvalue weighted by Crippen LogP contribution is -2.45. The van der Waals surface area contributed by atoms with Crippen molar-refractivity contribution in [1.29, 1.82) is 0 Å². The molecule has 0 spiro atoms. The van der Waals surface area contributed by atoms with Gasteiger partial charge < -0.3 is 5.32 Å². The van der Waals surface area contributed by atoms with E-state index in [0.717, 1.165) is 12.8 Å². The average molecular weight is 354 g/mol. The molecule has 1 aromatic carbocycles. The smallest absolute Gasteiger partial charge is 0.264 e. The molecule has 26 heavy (non-hydrogen) atoms. The second-order valence-electron chi connectivity index (χ2n) is 6.76. The SMILES string of the molecule is Cc1nc2cccc(NC(=O)C3CC3)c2c(=O)n1[C@@H]1CCC(=O)NC1=O. The number of anilines is 1. The van der Waals surface area contributed by atoms with Crippen LogP contribution in [0.15, 0.2) is 23.0 Å². The molecule has 1 saturated heterocycles. The van der Waals surface area contributed by atoms with Crippen LogP contribution in [0, 0.1) is 12.8 Å². The van der Waals surface area contributed by atoms with Crippen molar-refractivity contribution in [2.45, 2.75) is 38.6 Å². The van der Waals surface area contributed by atoms with E-state index < -0.39 is 17.5 Å². The molecule has 2 aliphatic rings. The van der Waals surface area contributed by atoms with E-state index in [-0.39, 0.29) is 36.0 Å². The van der Waals surface area contributed by atoms with Gasteiger partial charge in [-0.15, -0.1) is 0 Å². The van der Waals surface area contributed by atoms with Crippen LogP contribution in [0.4, 0.5) is 5.69 Å². The number of amides is 3. The van der Waals surface area contributed by atoms with Gasteiger partial charge >= 0.3 is 0 Å². The zero-order valence-corrected chi connectivity index (χ0v) is 14.2. The molecule has 0 unspecified atom stereocenters. The molecule has 1 aliphatic heterocycles. The highest BCUT2D eigenvalue weighted by atomic mass is 16.2. The molecule has 2 aromatic rings. The van der Waals surface area contributed by atoms with Crippen LogP contribution in [-0.2, 0) is 14.4 Å². The number of carbonyl (C=O) groups excluding carboxylic acids is 3. The molecule has 4 rings (SSSR count). The summed E-state index contributed by atoms with van der Waals surface area (Å²) in [4.78, 5) is 53.4. The summed E-state index contributed by atoms with van der Waals surface area (Å²) in [5, 5.41) is 5.35. The fourth-order valence-electron chi connectivity index (χ4n) is 3.33. The molecule has 2 N–H and O–H groups in total. The first-order chi connectivity index (χ1) is 12.5. The van der Waals surface area contributed by atoms with Crippen molar-refractivity contribution in [3.63, 3.8) is 0 Å². The fourth-order valence-corrected chi connectivity index (χ4v) is 3.33. The van der Waals surface area contributed by atoms with Crippen LogP contribution in [-0.4, -0.2) is 27.3 Å². The lowest BCUT2D eigenvalue weighted by molar-refractivity contribution is -0.135. The van der Waals surface area contributed by atoms with Crippen LogP contribution in [0.3, 0.4) is 0 Å². The van der Waals surface area contributed by atoms with Gasteiger partial charge in [0, 0.05) is 12.3 Å². The van der Waals surface area contributed by atoms with Crippen molar-refractivity contribution in [2.75, 3.05) is 5.32 Å². The number of nitrogens with zero attached hydrogens (tertiary/aromatic N) is 2. The second-order valence-corrected chi connectivity index (χ2v) is 6.76. The zero-order chi connectivity index (χ0) is 18.4. The number of nitrogens with one attached hydrogen (secondary N) is 2. The first kappa shape index (κ1) is 16.4. The van der Waals surface area contributed by atoms with Crippen LogP contribution in [0.2, 0.25) is 0 Å². The normalized spacial score (nSPS) is 20.1. The van der Waals surface area contributed by atoms with Gasteiger partial charge in [0.25, 0.3) is 5.56 Å². The number of piperidine rings is 1. The molecule has 0 bridgehead atoms. The van der Waals surface area contributed by atoms with E-state index in [2.05, 4.69) is 15.6 Å². The Kier molecular flexibility index (Phi) is 3.82. The first-order valence-corrected chi connectivity index (χ1v) is 8.62. The van der Waals surface area contributed by atoms with Crippen molar-refractivity contribution in [1.82, 2.24) is 14.9 Å². The maximum Gasteiger partial charge on any atom is 0.264 e. The highest BCUT2D eigenvalue weighted by Gasteiger charge is 2.32. The number of aromatic nitrogens is 2. The van der Waals surface area contributed by atoms with Crippen molar-refractivity contribution in [3.8, 4) is 0 Å². The summed E-state index contributed by atoms with van der Waals surface area (Å²) < 4.78 is 1.32.